The van der Waals surface area contributed by atoms with Crippen molar-refractivity contribution in [3.05, 3.63) is 52.2 Å². The minimum atomic E-state index is 0.147. The predicted octanol–water partition coefficient (Wildman–Crippen LogP) is 4.01. The molecule has 0 saturated heterocycles. The molecule has 0 bridgehead atoms. The van der Waals surface area contributed by atoms with Crippen LogP contribution in [0.5, 0.6) is 0 Å². The largest absolute Gasteiger partial charge is 0.361 e. The SMILES string of the molecule is CC(C)CC(=O)NCC(c1cccs1)N1CCc2ccccc21. The molecule has 23 heavy (non-hydrogen) atoms. The fraction of sp³-hybridized carbons (Fsp3) is 0.421. The summed E-state index contributed by atoms with van der Waals surface area (Å²) in [6.07, 6.45) is 1.67. The highest BCUT2D eigenvalue weighted by Crippen LogP contribution is 2.36. The molecular formula is C19H24N2OS. The van der Waals surface area contributed by atoms with E-state index in [1.165, 1.54) is 16.1 Å². The number of hydrogen-bond donors (Lipinski definition) is 1. The van der Waals surface area contributed by atoms with E-state index in [1.807, 2.05) is 0 Å². The van der Waals surface area contributed by atoms with Crippen molar-refractivity contribution in [3.8, 4) is 0 Å². The number of fused-ring (bicyclic) bond motifs is 1. The molecule has 2 aromatic rings. The van der Waals surface area contributed by atoms with Gasteiger partial charge in [-0.2, -0.15) is 0 Å². The van der Waals surface area contributed by atoms with Crippen molar-refractivity contribution >= 4 is 22.9 Å². The van der Waals surface area contributed by atoms with Crippen LogP contribution in [0.3, 0.4) is 0 Å². The maximum absolute atomic E-state index is 12.1. The third kappa shape index (κ3) is 3.75. The maximum Gasteiger partial charge on any atom is 0.220 e. The molecule has 1 atom stereocenters. The molecule has 1 aliphatic rings. The average Bonchev–Trinajstić information content (AvgIpc) is 3.17. The van der Waals surface area contributed by atoms with Crippen LogP contribution in [0.4, 0.5) is 5.69 Å². The number of benzene rings is 1. The molecule has 4 heteroatoms. The fourth-order valence-electron chi connectivity index (χ4n) is 3.19. The van der Waals surface area contributed by atoms with Crippen LogP contribution < -0.4 is 10.2 Å². The number of carbonyl (C=O) groups excluding carboxylic acids is 1. The van der Waals surface area contributed by atoms with Crippen molar-refractivity contribution in [2.75, 3.05) is 18.0 Å². The summed E-state index contributed by atoms with van der Waals surface area (Å²) in [5.74, 6) is 0.539. The highest BCUT2D eigenvalue weighted by Gasteiger charge is 2.27. The first-order valence-electron chi connectivity index (χ1n) is 8.30. The summed E-state index contributed by atoms with van der Waals surface area (Å²) >= 11 is 1.77. The number of amides is 1. The molecule has 2 heterocycles. The zero-order valence-corrected chi connectivity index (χ0v) is 14.6. The molecule has 0 radical (unpaired) electrons. The van der Waals surface area contributed by atoms with E-state index in [9.17, 15) is 4.79 Å². The highest BCUT2D eigenvalue weighted by atomic mass is 32.1. The zero-order chi connectivity index (χ0) is 16.2. The summed E-state index contributed by atoms with van der Waals surface area (Å²) in [7, 11) is 0. The lowest BCUT2D eigenvalue weighted by atomic mass is 10.1. The van der Waals surface area contributed by atoms with E-state index < -0.39 is 0 Å². The number of hydrogen-bond acceptors (Lipinski definition) is 3. The normalized spacial score (nSPS) is 14.8. The number of thiophene rings is 1. The Kier molecular flexibility index (Phi) is 5.01. The number of para-hydroxylation sites is 1. The van der Waals surface area contributed by atoms with E-state index in [-0.39, 0.29) is 11.9 Å². The molecule has 0 spiro atoms. The number of nitrogens with one attached hydrogen (secondary N) is 1. The Labute approximate surface area is 142 Å². The van der Waals surface area contributed by atoms with Gasteiger partial charge in [0.2, 0.25) is 5.91 Å². The minimum Gasteiger partial charge on any atom is -0.361 e. The average molecular weight is 328 g/mol. The topological polar surface area (TPSA) is 32.3 Å². The molecule has 0 fully saturated rings. The lowest BCUT2D eigenvalue weighted by Gasteiger charge is -2.30. The molecule has 0 saturated carbocycles. The second-order valence-corrected chi connectivity index (χ2v) is 7.48. The Hall–Kier alpha value is -1.81. The van der Waals surface area contributed by atoms with Crippen LogP contribution in [0.2, 0.25) is 0 Å². The van der Waals surface area contributed by atoms with E-state index in [0.29, 0.717) is 18.9 Å². The molecule has 1 N–H and O–H groups in total. The van der Waals surface area contributed by atoms with Gasteiger partial charge >= 0.3 is 0 Å². The van der Waals surface area contributed by atoms with Crippen LogP contribution in [-0.4, -0.2) is 19.0 Å². The van der Waals surface area contributed by atoms with Gasteiger partial charge in [0.1, 0.15) is 0 Å². The van der Waals surface area contributed by atoms with Crippen molar-refractivity contribution in [3.63, 3.8) is 0 Å². The summed E-state index contributed by atoms with van der Waals surface area (Å²) in [6, 6.07) is 13.1. The van der Waals surface area contributed by atoms with Gasteiger partial charge in [0, 0.05) is 30.1 Å². The van der Waals surface area contributed by atoms with Crippen LogP contribution in [0.1, 0.15) is 36.8 Å². The van der Waals surface area contributed by atoms with Crippen molar-refractivity contribution < 1.29 is 4.79 Å². The summed E-state index contributed by atoms with van der Waals surface area (Å²) in [5, 5.41) is 5.25. The Morgan fingerprint density at radius 2 is 2.09 bits per heavy atom. The zero-order valence-electron chi connectivity index (χ0n) is 13.8. The first-order chi connectivity index (χ1) is 11.1. The van der Waals surface area contributed by atoms with Gasteiger partial charge in [-0.3, -0.25) is 4.79 Å². The first kappa shape index (κ1) is 16.1. The van der Waals surface area contributed by atoms with Crippen molar-refractivity contribution in [1.29, 1.82) is 0 Å². The summed E-state index contributed by atoms with van der Waals surface area (Å²) in [5.41, 5.74) is 2.71. The van der Waals surface area contributed by atoms with Crippen LogP contribution >= 0.6 is 11.3 Å². The van der Waals surface area contributed by atoms with Crippen LogP contribution in [0.25, 0.3) is 0 Å². The third-order valence-electron chi connectivity index (χ3n) is 4.26. The van der Waals surface area contributed by atoms with E-state index >= 15 is 0 Å². The van der Waals surface area contributed by atoms with Gasteiger partial charge in [0.05, 0.1) is 6.04 Å². The quantitative estimate of drug-likeness (QED) is 0.869. The molecule has 1 amide bonds. The van der Waals surface area contributed by atoms with Gasteiger partial charge in [0.15, 0.2) is 0 Å². The van der Waals surface area contributed by atoms with Gasteiger partial charge in [-0.05, 0) is 35.4 Å². The Bertz CT molecular complexity index is 651. The molecule has 1 aliphatic heterocycles. The second-order valence-electron chi connectivity index (χ2n) is 6.51. The van der Waals surface area contributed by atoms with Gasteiger partial charge in [-0.15, -0.1) is 11.3 Å². The number of carbonyl (C=O) groups is 1. The Morgan fingerprint density at radius 3 is 2.83 bits per heavy atom. The highest BCUT2D eigenvalue weighted by molar-refractivity contribution is 7.10. The molecule has 0 aliphatic carbocycles. The van der Waals surface area contributed by atoms with E-state index in [0.717, 1.165) is 13.0 Å². The predicted molar refractivity (Wildman–Crippen MR) is 97.0 cm³/mol. The van der Waals surface area contributed by atoms with Crippen LogP contribution in [0.15, 0.2) is 41.8 Å². The Morgan fingerprint density at radius 1 is 1.26 bits per heavy atom. The lowest BCUT2D eigenvalue weighted by molar-refractivity contribution is -0.121. The molecular weight excluding hydrogens is 304 g/mol. The van der Waals surface area contributed by atoms with Crippen molar-refractivity contribution in [2.24, 2.45) is 5.92 Å². The minimum absolute atomic E-state index is 0.147. The molecule has 3 rings (SSSR count). The van der Waals surface area contributed by atoms with Gasteiger partial charge in [0.25, 0.3) is 0 Å². The van der Waals surface area contributed by atoms with Gasteiger partial charge in [-0.25, -0.2) is 0 Å². The van der Waals surface area contributed by atoms with E-state index in [4.69, 9.17) is 0 Å². The third-order valence-corrected chi connectivity index (χ3v) is 5.23. The second kappa shape index (κ2) is 7.18. The molecule has 1 aromatic heterocycles. The fourth-order valence-corrected chi connectivity index (χ4v) is 4.03. The summed E-state index contributed by atoms with van der Waals surface area (Å²) < 4.78 is 0. The molecule has 1 unspecified atom stereocenters. The summed E-state index contributed by atoms with van der Waals surface area (Å²) in [6.45, 7) is 5.84. The summed E-state index contributed by atoms with van der Waals surface area (Å²) in [4.78, 5) is 15.8. The van der Waals surface area contributed by atoms with Crippen molar-refractivity contribution in [2.45, 2.75) is 32.7 Å². The van der Waals surface area contributed by atoms with Crippen LogP contribution in [-0.2, 0) is 11.2 Å². The number of anilines is 1. The van der Waals surface area contributed by atoms with E-state index in [2.05, 4.69) is 65.8 Å². The van der Waals surface area contributed by atoms with Gasteiger partial charge in [-0.1, -0.05) is 38.1 Å². The smallest absolute Gasteiger partial charge is 0.220 e. The van der Waals surface area contributed by atoms with E-state index in [1.54, 1.807) is 11.3 Å². The number of nitrogens with zero attached hydrogens (tertiary/aromatic N) is 1. The Balaban J connectivity index is 1.77. The molecule has 1 aromatic carbocycles. The molecule has 122 valence electrons. The first-order valence-corrected chi connectivity index (χ1v) is 9.17. The molecule has 3 nitrogen and oxygen atoms in total. The van der Waals surface area contributed by atoms with Gasteiger partial charge < -0.3 is 10.2 Å². The maximum atomic E-state index is 12.1. The standard InChI is InChI=1S/C19H24N2OS/c1-14(2)12-19(22)20-13-17(18-8-5-11-23-18)21-10-9-15-6-3-4-7-16(15)21/h3-8,11,14,17H,9-10,12-13H2,1-2H3,(H,20,22). The lowest BCUT2D eigenvalue weighted by Crippen LogP contribution is -2.37. The monoisotopic (exact) mass is 328 g/mol. The van der Waals surface area contributed by atoms with Crippen molar-refractivity contribution in [1.82, 2.24) is 5.32 Å². The van der Waals surface area contributed by atoms with Crippen LogP contribution in [0, 0.1) is 5.92 Å². The number of rotatable bonds is 6.